The summed E-state index contributed by atoms with van der Waals surface area (Å²) in [5.74, 6) is 0.924. The molecule has 0 aliphatic carbocycles. The molecule has 3 aromatic carbocycles. The number of nitrogens with zero attached hydrogens (tertiary/aromatic N) is 2. The minimum Gasteiger partial charge on any atom is -0.489 e. The molecule has 1 aromatic heterocycles. The van der Waals surface area contributed by atoms with Gasteiger partial charge in [-0.1, -0.05) is 42.5 Å². The van der Waals surface area contributed by atoms with Crippen LogP contribution in [-0.2, 0) is 17.8 Å². The summed E-state index contributed by atoms with van der Waals surface area (Å²) in [4.78, 5) is 27.8. The molecule has 0 aliphatic heterocycles. The zero-order chi connectivity index (χ0) is 23.8. The summed E-state index contributed by atoms with van der Waals surface area (Å²) in [5, 5.41) is 14.1. The van der Waals surface area contributed by atoms with Gasteiger partial charge in [0.15, 0.2) is 11.7 Å². The van der Waals surface area contributed by atoms with E-state index in [1.807, 2.05) is 36.4 Å². The second-order valence-electron chi connectivity index (χ2n) is 7.32. The number of hydrogen-bond donors (Lipinski definition) is 1. The predicted octanol–water partition coefficient (Wildman–Crippen LogP) is 5.24. The van der Waals surface area contributed by atoms with Crippen molar-refractivity contribution in [2.24, 2.45) is 0 Å². The van der Waals surface area contributed by atoms with E-state index in [1.54, 1.807) is 36.5 Å². The number of benzene rings is 3. The summed E-state index contributed by atoms with van der Waals surface area (Å²) in [5.41, 5.74) is 1.92. The molecule has 1 heterocycles. The van der Waals surface area contributed by atoms with Gasteiger partial charge in [0.05, 0.1) is 4.92 Å². The van der Waals surface area contributed by atoms with Crippen LogP contribution < -0.4 is 14.8 Å². The molecule has 4 aromatic rings. The summed E-state index contributed by atoms with van der Waals surface area (Å²) in [7, 11) is 0. The number of amides is 1. The third-order valence-corrected chi connectivity index (χ3v) is 5.65. The molecule has 0 radical (unpaired) electrons. The predicted molar refractivity (Wildman–Crippen MR) is 129 cm³/mol. The summed E-state index contributed by atoms with van der Waals surface area (Å²) < 4.78 is 11.3. The zero-order valence-corrected chi connectivity index (χ0v) is 18.9. The van der Waals surface area contributed by atoms with Crippen molar-refractivity contribution in [2.75, 3.05) is 11.9 Å². The van der Waals surface area contributed by atoms with E-state index in [0.717, 1.165) is 16.0 Å². The molecule has 0 saturated heterocycles. The quantitative estimate of drug-likeness (QED) is 0.249. The summed E-state index contributed by atoms with van der Waals surface area (Å²) in [6.07, 6.45) is 2.14. The van der Waals surface area contributed by atoms with E-state index in [2.05, 4.69) is 10.3 Å². The first-order valence-electron chi connectivity index (χ1n) is 10.4. The molecule has 0 spiro atoms. The van der Waals surface area contributed by atoms with Gasteiger partial charge >= 0.3 is 0 Å². The summed E-state index contributed by atoms with van der Waals surface area (Å²) in [6, 6.07) is 23.4. The minimum atomic E-state index is -0.423. The van der Waals surface area contributed by atoms with Crippen LogP contribution in [-0.4, -0.2) is 22.4 Å². The van der Waals surface area contributed by atoms with E-state index in [4.69, 9.17) is 9.47 Å². The molecule has 0 unspecified atom stereocenters. The Labute approximate surface area is 200 Å². The maximum absolute atomic E-state index is 12.2. The number of thiazole rings is 1. The topological polar surface area (TPSA) is 104 Å². The fourth-order valence-electron chi connectivity index (χ4n) is 3.11. The third kappa shape index (κ3) is 6.63. The number of non-ortho nitro benzene ring substituents is 1. The van der Waals surface area contributed by atoms with Crippen molar-refractivity contribution < 1.29 is 19.2 Å². The number of nitro groups is 1. The molecule has 0 aliphatic rings. The molecule has 0 saturated carbocycles. The highest BCUT2D eigenvalue weighted by atomic mass is 32.1. The number of hydrogen-bond acceptors (Lipinski definition) is 7. The average Bonchev–Trinajstić information content (AvgIpc) is 3.29. The van der Waals surface area contributed by atoms with Crippen molar-refractivity contribution in [3.8, 4) is 11.5 Å². The number of nitro benzene ring substituents is 1. The van der Waals surface area contributed by atoms with Gasteiger partial charge in [-0.2, -0.15) is 0 Å². The van der Waals surface area contributed by atoms with Crippen LogP contribution in [0, 0.1) is 10.1 Å². The lowest BCUT2D eigenvalue weighted by Crippen LogP contribution is -2.19. The van der Waals surface area contributed by atoms with Crippen molar-refractivity contribution in [1.82, 2.24) is 4.98 Å². The molecule has 9 heteroatoms. The van der Waals surface area contributed by atoms with Gasteiger partial charge in [0.1, 0.15) is 18.1 Å². The number of ether oxygens (including phenoxy) is 2. The van der Waals surface area contributed by atoms with Gasteiger partial charge in [-0.3, -0.25) is 20.2 Å². The summed E-state index contributed by atoms with van der Waals surface area (Å²) in [6.45, 7) is 0.310. The fraction of sp³-hybridized carbons (Fsp3) is 0.120. The van der Waals surface area contributed by atoms with Gasteiger partial charge in [0, 0.05) is 29.6 Å². The lowest BCUT2D eigenvalue weighted by Gasteiger charge is -2.08. The molecule has 0 fully saturated rings. The smallest absolute Gasteiger partial charge is 0.269 e. The Balaban J connectivity index is 1.23. The molecule has 172 valence electrons. The highest BCUT2D eigenvalue weighted by Gasteiger charge is 2.10. The van der Waals surface area contributed by atoms with E-state index >= 15 is 0 Å². The zero-order valence-electron chi connectivity index (χ0n) is 18.0. The highest BCUT2D eigenvalue weighted by molar-refractivity contribution is 7.15. The molecule has 1 amide bonds. The van der Waals surface area contributed by atoms with Crippen molar-refractivity contribution >= 4 is 28.1 Å². The Hall–Kier alpha value is -4.24. The Morgan fingerprint density at radius 2 is 1.65 bits per heavy atom. The van der Waals surface area contributed by atoms with Crippen LogP contribution in [0.3, 0.4) is 0 Å². The van der Waals surface area contributed by atoms with Crippen LogP contribution in [0.15, 0.2) is 85.1 Å². The van der Waals surface area contributed by atoms with Crippen LogP contribution in [0.5, 0.6) is 11.5 Å². The van der Waals surface area contributed by atoms with Crippen LogP contribution in [0.25, 0.3) is 0 Å². The Bertz CT molecular complexity index is 1260. The lowest BCUT2D eigenvalue weighted by molar-refractivity contribution is -0.384. The molecule has 4 rings (SSSR count). The lowest BCUT2D eigenvalue weighted by atomic mass is 10.1. The number of aromatic nitrogens is 1. The minimum absolute atomic E-state index is 0.0449. The third-order valence-electron chi connectivity index (χ3n) is 4.74. The maximum atomic E-state index is 12.2. The van der Waals surface area contributed by atoms with E-state index < -0.39 is 4.92 Å². The van der Waals surface area contributed by atoms with Gasteiger partial charge < -0.3 is 9.47 Å². The van der Waals surface area contributed by atoms with Crippen molar-refractivity contribution in [3.05, 3.63) is 111 Å². The number of rotatable bonds is 10. The molecular weight excluding hydrogens is 454 g/mol. The largest absolute Gasteiger partial charge is 0.489 e. The number of carbonyl (C=O) groups is 1. The number of carbonyl (C=O) groups excluding carboxylic acids is 1. The summed E-state index contributed by atoms with van der Waals surface area (Å²) >= 11 is 1.31. The van der Waals surface area contributed by atoms with E-state index in [-0.39, 0.29) is 18.2 Å². The average molecular weight is 476 g/mol. The van der Waals surface area contributed by atoms with Crippen LogP contribution in [0.2, 0.25) is 0 Å². The number of anilines is 1. The van der Waals surface area contributed by atoms with Crippen molar-refractivity contribution in [3.63, 3.8) is 0 Å². The van der Waals surface area contributed by atoms with Gasteiger partial charge in [0.25, 0.3) is 11.6 Å². The normalized spacial score (nSPS) is 10.5. The maximum Gasteiger partial charge on any atom is 0.269 e. The molecular formula is C25H21N3O5S. The Morgan fingerprint density at radius 3 is 2.38 bits per heavy atom. The standard InChI is InChI=1S/C25H21N3O5S/c29-24(17-33-22-11-9-21(10-12-22)32-16-18-5-2-1-3-6-18)27-25-26-15-23(34-25)14-19-7-4-8-20(13-19)28(30)31/h1-13,15H,14,16-17H2,(H,26,27,29). The monoisotopic (exact) mass is 475 g/mol. The molecule has 1 N–H and O–H groups in total. The van der Waals surface area contributed by atoms with Crippen LogP contribution in [0.4, 0.5) is 10.8 Å². The SMILES string of the molecule is O=C(COc1ccc(OCc2ccccc2)cc1)Nc1ncc(Cc2cccc([N+](=O)[O-])c2)s1. The van der Waals surface area contributed by atoms with Crippen molar-refractivity contribution in [2.45, 2.75) is 13.0 Å². The molecule has 0 bridgehead atoms. The van der Waals surface area contributed by atoms with E-state index in [0.29, 0.717) is 29.7 Å². The second-order valence-corrected chi connectivity index (χ2v) is 8.43. The molecule has 8 nitrogen and oxygen atoms in total. The first kappa shape index (κ1) is 22.9. The van der Waals surface area contributed by atoms with Gasteiger partial charge in [-0.15, -0.1) is 11.3 Å². The van der Waals surface area contributed by atoms with E-state index in [9.17, 15) is 14.9 Å². The molecule has 34 heavy (non-hydrogen) atoms. The first-order chi connectivity index (χ1) is 16.5. The Morgan fingerprint density at radius 1 is 0.941 bits per heavy atom. The Kier molecular flexibility index (Phi) is 7.46. The van der Waals surface area contributed by atoms with E-state index in [1.165, 1.54) is 23.5 Å². The van der Waals surface area contributed by atoms with Crippen LogP contribution >= 0.6 is 11.3 Å². The van der Waals surface area contributed by atoms with Gasteiger partial charge in [-0.25, -0.2) is 4.98 Å². The van der Waals surface area contributed by atoms with Crippen molar-refractivity contribution in [1.29, 1.82) is 0 Å². The number of nitrogens with one attached hydrogen (secondary N) is 1. The fourth-order valence-corrected chi connectivity index (χ4v) is 3.97. The van der Waals surface area contributed by atoms with Gasteiger partial charge in [-0.05, 0) is 35.4 Å². The van der Waals surface area contributed by atoms with Crippen LogP contribution in [0.1, 0.15) is 16.0 Å². The highest BCUT2D eigenvalue weighted by Crippen LogP contribution is 2.23. The molecule has 0 atom stereocenters. The second kappa shape index (κ2) is 11.1. The first-order valence-corrected chi connectivity index (χ1v) is 11.2. The van der Waals surface area contributed by atoms with Gasteiger partial charge in [0.2, 0.25) is 0 Å².